The van der Waals surface area contributed by atoms with Gasteiger partial charge in [0, 0.05) is 11.8 Å². The molecule has 1 heterocycles. The van der Waals surface area contributed by atoms with E-state index in [1.165, 1.54) is 16.7 Å². The molecule has 0 bridgehead atoms. The minimum atomic E-state index is 0.280. The number of aromatic nitrogens is 1. The first-order valence-corrected chi connectivity index (χ1v) is 7.84. The molecule has 0 spiro atoms. The van der Waals surface area contributed by atoms with E-state index in [2.05, 4.69) is 41.4 Å². The summed E-state index contributed by atoms with van der Waals surface area (Å²) in [4.78, 5) is 4.65. The van der Waals surface area contributed by atoms with Crippen LogP contribution in [0.2, 0.25) is 0 Å². The minimum Gasteiger partial charge on any atom is -0.508 e. The van der Waals surface area contributed by atoms with Crippen LogP contribution in [-0.4, -0.2) is 10.1 Å². The zero-order valence-electron chi connectivity index (χ0n) is 12.7. The summed E-state index contributed by atoms with van der Waals surface area (Å²) in [6.45, 7) is 0. The van der Waals surface area contributed by atoms with Gasteiger partial charge in [0.2, 0.25) is 0 Å². The Morgan fingerprint density at radius 3 is 2.61 bits per heavy atom. The Labute approximate surface area is 135 Å². The summed E-state index contributed by atoms with van der Waals surface area (Å²) >= 11 is 0. The molecule has 3 aromatic rings. The Bertz CT molecular complexity index is 846. The van der Waals surface area contributed by atoms with Crippen LogP contribution in [0.4, 0.5) is 0 Å². The van der Waals surface area contributed by atoms with E-state index in [0.717, 1.165) is 29.7 Å². The maximum Gasteiger partial charge on any atom is 0.116 e. The Kier molecular flexibility index (Phi) is 3.43. The lowest BCUT2D eigenvalue weighted by Crippen LogP contribution is -1.95. The second kappa shape index (κ2) is 5.73. The van der Waals surface area contributed by atoms with Gasteiger partial charge in [0.15, 0.2) is 0 Å². The van der Waals surface area contributed by atoms with Gasteiger partial charge in [0.25, 0.3) is 0 Å². The topological polar surface area (TPSA) is 33.1 Å². The molecule has 0 fully saturated rings. The first kappa shape index (κ1) is 13.8. The molecular formula is C21H17NO. The largest absolute Gasteiger partial charge is 0.508 e. The van der Waals surface area contributed by atoms with Crippen molar-refractivity contribution in [1.29, 1.82) is 0 Å². The van der Waals surface area contributed by atoms with Gasteiger partial charge in [-0.15, -0.1) is 0 Å². The number of rotatable bonds is 1. The number of phenols is 1. The number of nitrogens with zero attached hydrogens (tertiary/aromatic N) is 1. The number of benzene rings is 2. The summed E-state index contributed by atoms with van der Waals surface area (Å²) in [6, 6.07) is 20.0. The van der Waals surface area contributed by atoms with Gasteiger partial charge < -0.3 is 5.11 Å². The van der Waals surface area contributed by atoms with Crippen molar-refractivity contribution in [2.24, 2.45) is 0 Å². The SMILES string of the molecule is Oc1cccc(C=C2c3ccccc3CCc3cccnc32)c1. The van der Waals surface area contributed by atoms with Crippen LogP contribution in [0.15, 0.2) is 66.9 Å². The maximum atomic E-state index is 9.74. The molecule has 0 saturated heterocycles. The fraction of sp³-hybridized carbons (Fsp3) is 0.0952. The lowest BCUT2D eigenvalue weighted by molar-refractivity contribution is 0.475. The highest BCUT2D eigenvalue weighted by Crippen LogP contribution is 2.33. The van der Waals surface area contributed by atoms with Crippen LogP contribution < -0.4 is 0 Å². The van der Waals surface area contributed by atoms with Crippen LogP contribution in [0.5, 0.6) is 5.75 Å². The zero-order chi connectivity index (χ0) is 15.6. The second-order valence-corrected chi connectivity index (χ2v) is 5.82. The monoisotopic (exact) mass is 299 g/mol. The molecule has 1 aliphatic rings. The highest BCUT2D eigenvalue weighted by Gasteiger charge is 2.18. The van der Waals surface area contributed by atoms with Gasteiger partial charge in [-0.05, 0) is 59.4 Å². The van der Waals surface area contributed by atoms with Crippen LogP contribution in [0, 0.1) is 0 Å². The first-order valence-electron chi connectivity index (χ1n) is 7.84. The summed E-state index contributed by atoms with van der Waals surface area (Å²) in [5, 5.41) is 9.74. The molecule has 112 valence electrons. The summed E-state index contributed by atoms with van der Waals surface area (Å²) in [7, 11) is 0. The Balaban J connectivity index is 1.97. The number of aryl methyl sites for hydroxylation is 2. The quantitative estimate of drug-likeness (QED) is 0.719. The minimum absolute atomic E-state index is 0.280. The molecule has 2 aromatic carbocycles. The Morgan fingerprint density at radius 1 is 0.870 bits per heavy atom. The van der Waals surface area contributed by atoms with Gasteiger partial charge >= 0.3 is 0 Å². The molecule has 0 unspecified atom stereocenters. The maximum absolute atomic E-state index is 9.74. The number of phenolic OH excluding ortho intramolecular Hbond substituents is 1. The third-order valence-electron chi connectivity index (χ3n) is 4.30. The molecule has 0 aliphatic heterocycles. The molecule has 1 aromatic heterocycles. The van der Waals surface area contributed by atoms with E-state index in [1.54, 1.807) is 12.1 Å². The zero-order valence-corrected chi connectivity index (χ0v) is 12.7. The smallest absolute Gasteiger partial charge is 0.116 e. The Hall–Kier alpha value is -2.87. The number of hydrogen-bond donors (Lipinski definition) is 1. The van der Waals surface area contributed by atoms with E-state index in [9.17, 15) is 5.11 Å². The first-order chi connectivity index (χ1) is 11.3. The van der Waals surface area contributed by atoms with Crippen LogP contribution in [0.1, 0.15) is 27.9 Å². The van der Waals surface area contributed by atoms with E-state index in [4.69, 9.17) is 0 Å². The normalized spacial score (nSPS) is 14.9. The second-order valence-electron chi connectivity index (χ2n) is 5.82. The molecular weight excluding hydrogens is 282 g/mol. The van der Waals surface area contributed by atoms with E-state index >= 15 is 0 Å². The molecule has 1 aliphatic carbocycles. The van der Waals surface area contributed by atoms with E-state index in [1.807, 2.05) is 24.4 Å². The molecule has 0 atom stereocenters. The van der Waals surface area contributed by atoms with Crippen LogP contribution >= 0.6 is 0 Å². The predicted octanol–water partition coefficient (Wildman–Crippen LogP) is 4.47. The van der Waals surface area contributed by atoms with E-state index in [-0.39, 0.29) is 5.75 Å². The summed E-state index contributed by atoms with van der Waals surface area (Å²) < 4.78 is 0. The fourth-order valence-electron chi connectivity index (χ4n) is 3.21. The van der Waals surface area contributed by atoms with E-state index < -0.39 is 0 Å². The third-order valence-corrected chi connectivity index (χ3v) is 4.30. The number of fused-ring (bicyclic) bond motifs is 2. The summed E-state index contributed by atoms with van der Waals surface area (Å²) in [5.74, 6) is 0.280. The number of hydrogen-bond acceptors (Lipinski definition) is 2. The Morgan fingerprint density at radius 2 is 1.70 bits per heavy atom. The lowest BCUT2D eigenvalue weighted by Gasteiger charge is -2.11. The van der Waals surface area contributed by atoms with Crippen LogP contribution in [0.3, 0.4) is 0 Å². The van der Waals surface area contributed by atoms with Gasteiger partial charge in [-0.2, -0.15) is 0 Å². The molecule has 0 amide bonds. The van der Waals surface area contributed by atoms with Crippen LogP contribution in [0.25, 0.3) is 11.6 Å². The van der Waals surface area contributed by atoms with Crippen LogP contribution in [-0.2, 0) is 12.8 Å². The molecule has 0 saturated carbocycles. The molecule has 0 radical (unpaired) electrons. The summed E-state index contributed by atoms with van der Waals surface area (Å²) in [5.41, 5.74) is 6.99. The van der Waals surface area contributed by atoms with Gasteiger partial charge in [-0.25, -0.2) is 0 Å². The van der Waals surface area contributed by atoms with Gasteiger partial charge in [0.05, 0.1) is 5.69 Å². The van der Waals surface area contributed by atoms with Crippen molar-refractivity contribution in [2.75, 3.05) is 0 Å². The van der Waals surface area contributed by atoms with E-state index in [0.29, 0.717) is 0 Å². The predicted molar refractivity (Wildman–Crippen MR) is 93.2 cm³/mol. The average molecular weight is 299 g/mol. The number of aromatic hydroxyl groups is 1. The standard InChI is InChI=1S/C21H17NO/c23-18-8-3-5-15(13-18)14-20-19-9-2-1-6-16(19)10-11-17-7-4-12-22-21(17)20/h1-9,12-14,23H,10-11H2. The average Bonchev–Trinajstić information content (AvgIpc) is 2.73. The van der Waals surface area contributed by atoms with Gasteiger partial charge in [-0.1, -0.05) is 42.5 Å². The van der Waals surface area contributed by atoms with Crippen molar-refractivity contribution in [2.45, 2.75) is 12.8 Å². The van der Waals surface area contributed by atoms with Gasteiger partial charge in [0.1, 0.15) is 5.75 Å². The highest BCUT2D eigenvalue weighted by atomic mass is 16.3. The van der Waals surface area contributed by atoms with Crippen molar-refractivity contribution in [3.05, 3.63) is 94.8 Å². The summed E-state index contributed by atoms with van der Waals surface area (Å²) in [6.07, 6.45) is 5.99. The van der Waals surface area contributed by atoms with Crippen molar-refractivity contribution in [3.63, 3.8) is 0 Å². The van der Waals surface area contributed by atoms with Gasteiger partial charge in [-0.3, -0.25) is 4.98 Å². The lowest BCUT2D eigenvalue weighted by atomic mass is 9.95. The molecule has 2 nitrogen and oxygen atoms in total. The molecule has 23 heavy (non-hydrogen) atoms. The highest BCUT2D eigenvalue weighted by molar-refractivity contribution is 5.92. The third kappa shape index (κ3) is 2.64. The number of pyridine rings is 1. The molecule has 1 N–H and O–H groups in total. The molecule has 4 rings (SSSR count). The fourth-order valence-corrected chi connectivity index (χ4v) is 3.21. The molecule has 2 heteroatoms. The van der Waals surface area contributed by atoms with Crippen molar-refractivity contribution in [1.82, 2.24) is 4.98 Å². The van der Waals surface area contributed by atoms with Crippen molar-refractivity contribution in [3.8, 4) is 5.75 Å². The van der Waals surface area contributed by atoms with Crippen molar-refractivity contribution < 1.29 is 5.11 Å². The van der Waals surface area contributed by atoms with Crippen molar-refractivity contribution >= 4 is 11.6 Å².